The molecule has 0 radical (unpaired) electrons. The molecule has 3 rings (SSSR count). The first-order valence-electron chi connectivity index (χ1n) is 8.75. The van der Waals surface area contributed by atoms with Gasteiger partial charge in [-0.15, -0.1) is 10.2 Å². The number of nitrogens with zero attached hydrogens (tertiary/aromatic N) is 2. The fraction of sp³-hybridized carbons (Fsp3) is 0.190. The lowest BCUT2D eigenvalue weighted by molar-refractivity contribution is 0.102. The van der Waals surface area contributed by atoms with E-state index in [9.17, 15) is 4.79 Å². The van der Waals surface area contributed by atoms with Gasteiger partial charge < -0.3 is 15.4 Å². The monoisotopic (exact) mass is 362 g/mol. The van der Waals surface area contributed by atoms with Gasteiger partial charge in [-0.25, -0.2) is 0 Å². The smallest absolute Gasteiger partial charge is 0.276 e. The van der Waals surface area contributed by atoms with E-state index in [4.69, 9.17) is 4.74 Å². The molecule has 1 aromatic heterocycles. The zero-order valence-corrected chi connectivity index (χ0v) is 15.6. The highest BCUT2D eigenvalue weighted by Gasteiger charge is 2.12. The topological polar surface area (TPSA) is 76.1 Å². The quantitative estimate of drug-likeness (QED) is 0.682. The average Bonchev–Trinajstić information content (AvgIpc) is 2.70. The van der Waals surface area contributed by atoms with E-state index in [1.807, 2.05) is 49.4 Å². The van der Waals surface area contributed by atoms with E-state index < -0.39 is 0 Å². The zero-order chi connectivity index (χ0) is 19.2. The maximum Gasteiger partial charge on any atom is 0.276 e. The van der Waals surface area contributed by atoms with Crippen LogP contribution in [0.4, 0.5) is 17.2 Å². The van der Waals surface area contributed by atoms with Crippen molar-refractivity contribution in [3.8, 4) is 5.75 Å². The Morgan fingerprint density at radius 2 is 1.81 bits per heavy atom. The third-order valence-electron chi connectivity index (χ3n) is 4.24. The molecule has 27 heavy (non-hydrogen) atoms. The third kappa shape index (κ3) is 4.41. The molecular formula is C21H22N4O2. The van der Waals surface area contributed by atoms with Gasteiger partial charge >= 0.3 is 0 Å². The highest BCUT2D eigenvalue weighted by molar-refractivity contribution is 6.03. The van der Waals surface area contributed by atoms with E-state index in [0.29, 0.717) is 5.82 Å². The van der Waals surface area contributed by atoms with Crippen LogP contribution in [0.2, 0.25) is 0 Å². The average molecular weight is 362 g/mol. The predicted molar refractivity (Wildman–Crippen MR) is 107 cm³/mol. The molecule has 6 heteroatoms. The number of anilines is 3. The molecule has 138 valence electrons. The summed E-state index contributed by atoms with van der Waals surface area (Å²) in [5.41, 5.74) is 4.07. The number of aromatic nitrogens is 2. The first kappa shape index (κ1) is 18.4. The molecule has 0 aliphatic carbocycles. The summed E-state index contributed by atoms with van der Waals surface area (Å²) >= 11 is 0. The Hall–Kier alpha value is -3.41. The van der Waals surface area contributed by atoms with Crippen molar-refractivity contribution >= 4 is 23.1 Å². The Morgan fingerprint density at radius 1 is 1.04 bits per heavy atom. The van der Waals surface area contributed by atoms with E-state index in [-0.39, 0.29) is 11.6 Å². The van der Waals surface area contributed by atoms with Crippen molar-refractivity contribution in [2.24, 2.45) is 0 Å². The minimum Gasteiger partial charge on any atom is -0.497 e. The number of ether oxygens (including phenoxy) is 1. The number of nitrogens with one attached hydrogen (secondary N) is 2. The summed E-state index contributed by atoms with van der Waals surface area (Å²) in [5, 5.41) is 14.2. The first-order valence-corrected chi connectivity index (χ1v) is 8.75. The lowest BCUT2D eigenvalue weighted by Gasteiger charge is -2.12. The highest BCUT2D eigenvalue weighted by Crippen LogP contribution is 2.22. The summed E-state index contributed by atoms with van der Waals surface area (Å²) < 4.78 is 5.13. The number of methoxy groups -OCH3 is 1. The van der Waals surface area contributed by atoms with Crippen LogP contribution < -0.4 is 15.4 Å². The maximum absolute atomic E-state index is 12.5. The molecule has 0 aliphatic heterocycles. The van der Waals surface area contributed by atoms with Crippen molar-refractivity contribution in [2.45, 2.75) is 20.3 Å². The fourth-order valence-electron chi connectivity index (χ4n) is 2.72. The molecule has 0 unspecified atom stereocenters. The summed E-state index contributed by atoms with van der Waals surface area (Å²) in [5.74, 6) is 1.06. The largest absolute Gasteiger partial charge is 0.497 e. The molecular weight excluding hydrogens is 340 g/mol. The molecule has 0 aliphatic rings. The summed E-state index contributed by atoms with van der Waals surface area (Å²) in [4.78, 5) is 12.5. The van der Waals surface area contributed by atoms with Crippen LogP contribution in [-0.2, 0) is 6.42 Å². The Balaban J connectivity index is 1.70. The molecule has 0 bridgehead atoms. The van der Waals surface area contributed by atoms with Crippen molar-refractivity contribution in [3.05, 3.63) is 71.4 Å². The molecule has 2 aromatic carbocycles. The number of aryl methyl sites for hydroxylation is 2. The molecule has 3 aromatic rings. The third-order valence-corrected chi connectivity index (χ3v) is 4.24. The van der Waals surface area contributed by atoms with Gasteiger partial charge in [0.15, 0.2) is 11.5 Å². The molecule has 0 saturated heterocycles. The van der Waals surface area contributed by atoms with Crippen LogP contribution in [0.1, 0.15) is 28.5 Å². The van der Waals surface area contributed by atoms with Crippen molar-refractivity contribution in [3.63, 3.8) is 0 Å². The van der Waals surface area contributed by atoms with Gasteiger partial charge in [0.05, 0.1) is 7.11 Å². The van der Waals surface area contributed by atoms with Crippen LogP contribution in [0.5, 0.6) is 5.75 Å². The fourth-order valence-corrected chi connectivity index (χ4v) is 2.72. The van der Waals surface area contributed by atoms with Crippen LogP contribution in [0.3, 0.4) is 0 Å². The van der Waals surface area contributed by atoms with Gasteiger partial charge in [-0.05, 0) is 60.9 Å². The zero-order valence-electron chi connectivity index (χ0n) is 15.6. The molecule has 1 amide bonds. The van der Waals surface area contributed by atoms with Crippen LogP contribution in [0.15, 0.2) is 54.6 Å². The molecule has 2 N–H and O–H groups in total. The molecule has 0 saturated carbocycles. The second kappa shape index (κ2) is 8.31. The van der Waals surface area contributed by atoms with E-state index in [1.165, 1.54) is 0 Å². The van der Waals surface area contributed by atoms with Crippen LogP contribution in [0, 0.1) is 6.92 Å². The normalized spacial score (nSPS) is 10.3. The SMILES string of the molecule is CCc1cccc(C)c1NC(=O)c1ccc(Nc2ccc(OC)cc2)nn1. The Kier molecular flexibility index (Phi) is 5.66. The molecule has 0 fully saturated rings. The molecule has 0 spiro atoms. The minimum absolute atomic E-state index is 0.264. The van der Waals surface area contributed by atoms with Gasteiger partial charge in [-0.2, -0.15) is 0 Å². The second-order valence-electron chi connectivity index (χ2n) is 6.07. The summed E-state index contributed by atoms with van der Waals surface area (Å²) in [6.07, 6.45) is 0.841. The Morgan fingerprint density at radius 3 is 2.44 bits per heavy atom. The van der Waals surface area contributed by atoms with E-state index in [0.717, 1.165) is 34.7 Å². The van der Waals surface area contributed by atoms with Gasteiger partial charge in [0, 0.05) is 11.4 Å². The van der Waals surface area contributed by atoms with Gasteiger partial charge in [-0.1, -0.05) is 25.1 Å². The summed E-state index contributed by atoms with van der Waals surface area (Å²) in [7, 11) is 1.62. The van der Waals surface area contributed by atoms with Crippen molar-refractivity contribution < 1.29 is 9.53 Å². The maximum atomic E-state index is 12.5. The van der Waals surface area contributed by atoms with Gasteiger partial charge in [0.1, 0.15) is 5.75 Å². The van der Waals surface area contributed by atoms with Gasteiger partial charge in [0.25, 0.3) is 5.91 Å². The second-order valence-corrected chi connectivity index (χ2v) is 6.07. The minimum atomic E-state index is -0.275. The van der Waals surface area contributed by atoms with Crippen molar-refractivity contribution in [2.75, 3.05) is 17.7 Å². The Labute approximate surface area is 158 Å². The number of amides is 1. The lowest BCUT2D eigenvalue weighted by atomic mass is 10.1. The van der Waals surface area contributed by atoms with E-state index in [1.54, 1.807) is 19.2 Å². The van der Waals surface area contributed by atoms with Crippen LogP contribution in [-0.4, -0.2) is 23.2 Å². The number of hydrogen-bond acceptors (Lipinski definition) is 5. The molecule has 0 atom stereocenters. The van der Waals surface area contributed by atoms with E-state index in [2.05, 4.69) is 27.8 Å². The number of rotatable bonds is 6. The highest BCUT2D eigenvalue weighted by atomic mass is 16.5. The number of benzene rings is 2. The predicted octanol–water partition coefficient (Wildman–Crippen LogP) is 4.35. The summed E-state index contributed by atoms with van der Waals surface area (Å²) in [6.45, 7) is 4.03. The van der Waals surface area contributed by atoms with E-state index >= 15 is 0 Å². The lowest BCUT2D eigenvalue weighted by Crippen LogP contribution is -2.16. The summed E-state index contributed by atoms with van der Waals surface area (Å²) in [6, 6.07) is 16.8. The molecule has 6 nitrogen and oxygen atoms in total. The number of para-hydroxylation sites is 1. The Bertz CT molecular complexity index is 922. The van der Waals surface area contributed by atoms with Gasteiger partial charge in [-0.3, -0.25) is 4.79 Å². The van der Waals surface area contributed by atoms with Crippen LogP contribution in [0.25, 0.3) is 0 Å². The number of carbonyl (C=O) groups excluding carboxylic acids is 1. The van der Waals surface area contributed by atoms with Gasteiger partial charge in [0.2, 0.25) is 0 Å². The van der Waals surface area contributed by atoms with Crippen molar-refractivity contribution in [1.29, 1.82) is 0 Å². The van der Waals surface area contributed by atoms with Crippen molar-refractivity contribution in [1.82, 2.24) is 10.2 Å². The first-order chi connectivity index (χ1) is 13.1. The van der Waals surface area contributed by atoms with Crippen LogP contribution >= 0.6 is 0 Å². The number of carbonyl (C=O) groups is 1. The molecule has 1 heterocycles. The number of hydrogen-bond donors (Lipinski definition) is 2. The standard InChI is InChI=1S/C21H22N4O2/c1-4-15-7-5-6-14(2)20(15)23-21(26)18-12-13-19(25-24-18)22-16-8-10-17(27-3)11-9-16/h5-13H,4H2,1-3H3,(H,22,25)(H,23,26).